The first-order chi connectivity index (χ1) is 6.02. The van der Waals surface area contributed by atoms with E-state index >= 15 is 0 Å². The van der Waals surface area contributed by atoms with E-state index in [-0.39, 0.29) is 6.16 Å². The zero-order valence-corrected chi connectivity index (χ0v) is 11.5. The molecule has 0 aliphatic carbocycles. The van der Waals surface area contributed by atoms with E-state index in [9.17, 15) is 13.2 Å². The summed E-state index contributed by atoms with van der Waals surface area (Å²) >= 11 is 5.65. The van der Waals surface area contributed by atoms with E-state index in [1.54, 1.807) is 26.6 Å². The Hall–Kier alpha value is 0.527. The second kappa shape index (κ2) is 4.58. The molecule has 1 unspecified atom stereocenters. The molecule has 0 spiro atoms. The van der Waals surface area contributed by atoms with Crippen molar-refractivity contribution in [1.82, 2.24) is 0 Å². The molecule has 0 rings (SSSR count). The minimum absolute atomic E-state index is 0.0394. The van der Waals surface area contributed by atoms with Gasteiger partial charge >= 0.3 is 5.92 Å². The lowest BCUT2D eigenvalue weighted by molar-refractivity contribution is -0.0400. The first-order valence-corrected chi connectivity index (χ1v) is 10.7. The van der Waals surface area contributed by atoms with E-state index in [1.165, 1.54) is 0 Å². The molecule has 0 amide bonds. The summed E-state index contributed by atoms with van der Waals surface area (Å²) in [6, 6.07) is 0. The molecule has 0 heterocycles. The third-order valence-electron chi connectivity index (χ3n) is 1.37. The Bertz CT molecular complexity index is 246. The normalized spacial score (nSPS) is 17.7. The van der Waals surface area contributed by atoms with Crippen molar-refractivity contribution >= 4 is 25.9 Å². The lowest BCUT2D eigenvalue weighted by atomic mass is 10.6. The van der Waals surface area contributed by atoms with Crippen molar-refractivity contribution < 1.29 is 13.2 Å². The van der Waals surface area contributed by atoms with Crippen molar-refractivity contribution in [3.63, 3.8) is 0 Å². The fraction of sp³-hybridized carbons (Fsp3) is 1.00. The van der Waals surface area contributed by atoms with Crippen molar-refractivity contribution in [1.29, 1.82) is 0 Å². The van der Waals surface area contributed by atoms with Gasteiger partial charge in [-0.3, -0.25) is 0 Å². The van der Waals surface area contributed by atoms with Crippen LogP contribution in [0.4, 0.5) is 13.2 Å². The van der Waals surface area contributed by atoms with Crippen LogP contribution in [0.5, 0.6) is 0 Å². The van der Waals surface area contributed by atoms with Gasteiger partial charge in [0.25, 0.3) is 0 Å². The van der Waals surface area contributed by atoms with Crippen molar-refractivity contribution in [3.8, 4) is 0 Å². The van der Waals surface area contributed by atoms with Gasteiger partial charge in [-0.15, -0.1) is 0 Å². The molecule has 1 nitrogen and oxygen atoms in total. The second-order valence-electron chi connectivity index (χ2n) is 4.14. The predicted molar refractivity (Wildman–Crippen MR) is 59.8 cm³/mol. The molecule has 0 bridgehead atoms. The van der Waals surface area contributed by atoms with E-state index in [0.717, 1.165) is 0 Å². The SMILES string of the molecule is CCCP(Cl)(=N[Si](C)(C)C)C(F)(F)F. The van der Waals surface area contributed by atoms with E-state index < -0.39 is 20.6 Å². The van der Waals surface area contributed by atoms with Crippen LogP contribution >= 0.6 is 17.6 Å². The summed E-state index contributed by atoms with van der Waals surface area (Å²) in [6.07, 6.45) is -3.23. The van der Waals surface area contributed by atoms with Crippen LogP contribution in [0.2, 0.25) is 19.6 Å². The minimum Gasteiger partial charge on any atom is -0.317 e. The molecule has 0 saturated heterocycles. The van der Waals surface area contributed by atoms with Gasteiger partial charge in [0, 0.05) is 6.16 Å². The van der Waals surface area contributed by atoms with Gasteiger partial charge in [0.1, 0.15) is 6.41 Å². The van der Waals surface area contributed by atoms with Crippen LogP contribution in [0.1, 0.15) is 13.3 Å². The fourth-order valence-corrected chi connectivity index (χ4v) is 9.06. The van der Waals surface area contributed by atoms with E-state index in [4.69, 9.17) is 11.2 Å². The Morgan fingerprint density at radius 1 is 1.29 bits per heavy atom. The van der Waals surface area contributed by atoms with Gasteiger partial charge in [0.2, 0.25) is 0 Å². The molecule has 7 heteroatoms. The van der Waals surface area contributed by atoms with E-state index in [2.05, 4.69) is 4.41 Å². The highest BCUT2D eigenvalue weighted by Crippen LogP contribution is 2.68. The van der Waals surface area contributed by atoms with Crippen LogP contribution in [0, 0.1) is 0 Å². The first-order valence-electron chi connectivity index (χ1n) is 4.41. The zero-order chi connectivity index (χ0) is 11.6. The van der Waals surface area contributed by atoms with Gasteiger partial charge in [0.05, 0.1) is 0 Å². The fourth-order valence-electron chi connectivity index (χ4n) is 1.01. The summed E-state index contributed by atoms with van der Waals surface area (Å²) in [6.45, 7) is 7.01. The van der Waals surface area contributed by atoms with Gasteiger partial charge in [-0.25, -0.2) is 0 Å². The maximum atomic E-state index is 12.7. The maximum Gasteiger partial charge on any atom is 0.432 e. The maximum absolute atomic E-state index is 12.7. The van der Waals surface area contributed by atoms with Crippen LogP contribution in [-0.4, -0.2) is 20.3 Å². The quantitative estimate of drug-likeness (QED) is 0.497. The topological polar surface area (TPSA) is 12.4 Å². The smallest absolute Gasteiger partial charge is 0.317 e. The van der Waals surface area contributed by atoms with Crippen molar-refractivity contribution in [2.45, 2.75) is 38.9 Å². The van der Waals surface area contributed by atoms with Crippen LogP contribution in [0.25, 0.3) is 0 Å². The molecule has 0 saturated carbocycles. The summed E-state index contributed by atoms with van der Waals surface area (Å²) in [5.41, 5.74) is 0. The highest BCUT2D eigenvalue weighted by Gasteiger charge is 2.46. The lowest BCUT2D eigenvalue weighted by Gasteiger charge is -2.24. The van der Waals surface area contributed by atoms with Crippen molar-refractivity contribution in [3.05, 3.63) is 0 Å². The van der Waals surface area contributed by atoms with Crippen LogP contribution in [-0.2, 0) is 0 Å². The summed E-state index contributed by atoms with van der Waals surface area (Å²) < 4.78 is 41.9. The van der Waals surface area contributed by atoms with Gasteiger partial charge in [0.15, 0.2) is 8.24 Å². The molecule has 14 heavy (non-hydrogen) atoms. The largest absolute Gasteiger partial charge is 0.432 e. The Morgan fingerprint density at radius 2 is 1.71 bits per heavy atom. The highest BCUT2D eigenvalue weighted by molar-refractivity contribution is 7.92. The zero-order valence-electron chi connectivity index (χ0n) is 8.82. The Kier molecular flexibility index (Phi) is 4.75. The average Bonchev–Trinajstić information content (AvgIpc) is 1.79. The molecule has 0 aromatic rings. The van der Waals surface area contributed by atoms with Gasteiger partial charge in [-0.1, -0.05) is 37.8 Å². The van der Waals surface area contributed by atoms with Gasteiger partial charge < -0.3 is 4.41 Å². The number of rotatable bonds is 3. The summed E-state index contributed by atoms with van der Waals surface area (Å²) in [5.74, 6) is -4.34. The van der Waals surface area contributed by atoms with Gasteiger partial charge in [-0.05, 0) is 6.42 Å². The van der Waals surface area contributed by atoms with Gasteiger partial charge in [-0.2, -0.15) is 13.2 Å². The lowest BCUT2D eigenvalue weighted by Crippen LogP contribution is -2.19. The minimum atomic E-state index is -4.34. The molecule has 0 aromatic heterocycles. The van der Waals surface area contributed by atoms with Crippen molar-refractivity contribution in [2.24, 2.45) is 4.41 Å². The summed E-state index contributed by atoms with van der Waals surface area (Å²) in [4.78, 5) is 0. The predicted octanol–water partition coefficient (Wildman–Crippen LogP) is 5.11. The molecule has 0 aromatic carbocycles. The number of hydrogen-bond donors (Lipinski definition) is 0. The Labute approximate surface area is 89.0 Å². The molecule has 0 radical (unpaired) electrons. The molecule has 0 fully saturated rings. The summed E-state index contributed by atoms with van der Waals surface area (Å²) in [5, 5.41) is 0. The van der Waals surface area contributed by atoms with Crippen LogP contribution in [0.15, 0.2) is 4.41 Å². The monoisotopic (exact) mass is 265 g/mol. The molecule has 0 aliphatic heterocycles. The molecule has 0 aliphatic rings. The second-order valence-corrected chi connectivity index (χ2v) is 13.3. The number of halogens is 4. The number of hydrogen-bond acceptors (Lipinski definition) is 1. The molecular formula is C7H16ClF3NPSi. The molecule has 1 atom stereocenters. The van der Waals surface area contributed by atoms with Crippen LogP contribution < -0.4 is 0 Å². The van der Waals surface area contributed by atoms with E-state index in [1.807, 2.05) is 0 Å². The third kappa shape index (κ3) is 4.37. The molecule has 86 valence electrons. The Morgan fingerprint density at radius 3 is 1.93 bits per heavy atom. The van der Waals surface area contributed by atoms with Crippen LogP contribution in [0.3, 0.4) is 0 Å². The van der Waals surface area contributed by atoms with Crippen molar-refractivity contribution in [2.75, 3.05) is 6.16 Å². The molecule has 0 N–H and O–H groups in total. The standard InChI is InChI=1S/C7H16ClF3NPSi/c1-5-6-13(8,7(9,10)11)12-14(2,3)4/h5-6H2,1-4H3. The molecular weight excluding hydrogens is 250 g/mol. The highest BCUT2D eigenvalue weighted by atomic mass is 35.7. The third-order valence-corrected chi connectivity index (χ3v) is 8.61. The summed E-state index contributed by atoms with van der Waals surface area (Å²) in [7, 11) is -2.12. The van der Waals surface area contributed by atoms with E-state index in [0.29, 0.717) is 6.42 Å². The average molecular weight is 266 g/mol. The first kappa shape index (κ1) is 14.5. The number of alkyl halides is 3. The number of nitrogens with zero attached hydrogens (tertiary/aromatic N) is 1. The Balaban J connectivity index is 5.22.